The van der Waals surface area contributed by atoms with E-state index >= 15 is 0 Å². The van der Waals surface area contributed by atoms with Gasteiger partial charge in [-0.3, -0.25) is 24.6 Å². The third-order valence-electron chi connectivity index (χ3n) is 6.62. The number of anilines is 1. The highest BCUT2D eigenvalue weighted by atomic mass is 16.4. The molecular weight excluding hydrogens is 424 g/mol. The maximum Gasteiger partial charge on any atom is 0.407 e. The maximum atomic E-state index is 13.0. The predicted molar refractivity (Wildman–Crippen MR) is 118 cm³/mol. The fourth-order valence-electron chi connectivity index (χ4n) is 4.75. The van der Waals surface area contributed by atoms with Gasteiger partial charge < -0.3 is 14.9 Å². The standard InChI is InChI=1S/C24H24N4O5/c29-21-9-8-20(22(30)25-21)28-12-16-7-6-15(10-19(16)23(28)31)11-27(24(32)33)18-13-26(14-18)17-4-2-1-3-5-17/h1-7,10,18,20H,8-9,11-14H2,(H,32,33)(H,25,29,30). The lowest BCUT2D eigenvalue weighted by Gasteiger charge is -2.45. The van der Waals surface area contributed by atoms with Crippen molar-refractivity contribution in [1.29, 1.82) is 0 Å². The van der Waals surface area contributed by atoms with E-state index in [4.69, 9.17) is 0 Å². The first-order valence-electron chi connectivity index (χ1n) is 11.0. The molecule has 2 aromatic carbocycles. The average Bonchev–Trinajstić information content (AvgIpc) is 3.08. The number of carbonyl (C=O) groups is 4. The van der Waals surface area contributed by atoms with E-state index < -0.39 is 18.0 Å². The van der Waals surface area contributed by atoms with Crippen LogP contribution in [0.1, 0.15) is 34.3 Å². The molecule has 5 rings (SSSR count). The molecular formula is C24H24N4O5. The highest BCUT2D eigenvalue weighted by Gasteiger charge is 2.39. The van der Waals surface area contributed by atoms with Gasteiger partial charge in [0.2, 0.25) is 11.8 Å². The van der Waals surface area contributed by atoms with Crippen LogP contribution in [0.25, 0.3) is 0 Å². The number of amides is 4. The van der Waals surface area contributed by atoms with Crippen LogP contribution in [0.2, 0.25) is 0 Å². The number of fused-ring (bicyclic) bond motifs is 1. The molecule has 9 nitrogen and oxygen atoms in total. The maximum absolute atomic E-state index is 13.0. The number of nitrogens with one attached hydrogen (secondary N) is 1. The summed E-state index contributed by atoms with van der Waals surface area (Å²) in [5.74, 6) is -1.03. The second kappa shape index (κ2) is 8.23. The van der Waals surface area contributed by atoms with Crippen molar-refractivity contribution in [3.8, 4) is 0 Å². The van der Waals surface area contributed by atoms with Gasteiger partial charge >= 0.3 is 6.09 Å². The third kappa shape index (κ3) is 3.90. The van der Waals surface area contributed by atoms with Gasteiger partial charge in [0.25, 0.3) is 5.91 Å². The minimum Gasteiger partial charge on any atom is -0.465 e. The quantitative estimate of drug-likeness (QED) is 0.675. The molecule has 9 heteroatoms. The molecule has 2 N–H and O–H groups in total. The molecule has 0 bridgehead atoms. The third-order valence-corrected chi connectivity index (χ3v) is 6.62. The van der Waals surface area contributed by atoms with Crippen LogP contribution in [-0.2, 0) is 22.7 Å². The SMILES string of the molecule is O=C1CCC(N2Cc3ccc(CN(C(=O)O)C4CN(c5ccccc5)C4)cc3C2=O)C(=O)N1. The molecule has 0 radical (unpaired) electrons. The first-order valence-corrected chi connectivity index (χ1v) is 11.0. The van der Waals surface area contributed by atoms with Crippen molar-refractivity contribution in [1.82, 2.24) is 15.1 Å². The van der Waals surface area contributed by atoms with Crippen molar-refractivity contribution in [2.24, 2.45) is 0 Å². The zero-order valence-electron chi connectivity index (χ0n) is 17.9. The van der Waals surface area contributed by atoms with Crippen LogP contribution in [0.5, 0.6) is 0 Å². The Morgan fingerprint density at radius 1 is 1.09 bits per heavy atom. The van der Waals surface area contributed by atoms with E-state index in [0.717, 1.165) is 16.8 Å². The second-order valence-corrected chi connectivity index (χ2v) is 8.70. The summed E-state index contributed by atoms with van der Waals surface area (Å²) in [6.45, 7) is 1.71. The van der Waals surface area contributed by atoms with Crippen LogP contribution in [-0.4, -0.2) is 63.9 Å². The highest BCUT2D eigenvalue weighted by molar-refractivity contribution is 6.05. The molecule has 3 aliphatic rings. The van der Waals surface area contributed by atoms with E-state index in [1.165, 1.54) is 9.80 Å². The van der Waals surface area contributed by atoms with Gasteiger partial charge in [0.15, 0.2) is 0 Å². The van der Waals surface area contributed by atoms with E-state index in [-0.39, 0.29) is 30.8 Å². The van der Waals surface area contributed by atoms with Crippen molar-refractivity contribution < 1.29 is 24.3 Å². The van der Waals surface area contributed by atoms with Crippen LogP contribution in [0.15, 0.2) is 48.5 Å². The van der Waals surface area contributed by atoms with Crippen molar-refractivity contribution >= 4 is 29.5 Å². The molecule has 2 aromatic rings. The van der Waals surface area contributed by atoms with E-state index in [2.05, 4.69) is 10.2 Å². The summed E-state index contributed by atoms with van der Waals surface area (Å²) < 4.78 is 0. The van der Waals surface area contributed by atoms with Gasteiger partial charge in [0.05, 0.1) is 6.04 Å². The first-order chi connectivity index (χ1) is 15.9. The van der Waals surface area contributed by atoms with Crippen molar-refractivity contribution in [2.45, 2.75) is 38.0 Å². The zero-order valence-corrected chi connectivity index (χ0v) is 17.9. The van der Waals surface area contributed by atoms with Crippen molar-refractivity contribution in [3.63, 3.8) is 0 Å². The number of hydrogen-bond acceptors (Lipinski definition) is 5. The molecule has 0 saturated carbocycles. The van der Waals surface area contributed by atoms with Gasteiger partial charge in [-0.15, -0.1) is 0 Å². The second-order valence-electron chi connectivity index (χ2n) is 8.70. The Morgan fingerprint density at radius 3 is 2.55 bits per heavy atom. The minimum absolute atomic E-state index is 0.133. The van der Waals surface area contributed by atoms with Gasteiger partial charge in [-0.1, -0.05) is 30.3 Å². The first kappa shape index (κ1) is 21.0. The molecule has 3 aliphatic heterocycles. The zero-order chi connectivity index (χ0) is 23.1. The topological polar surface area (TPSA) is 110 Å². The van der Waals surface area contributed by atoms with Crippen LogP contribution in [0, 0.1) is 0 Å². The number of rotatable bonds is 5. The fraction of sp³-hybridized carbons (Fsp3) is 0.333. The molecule has 0 aliphatic carbocycles. The predicted octanol–water partition coefficient (Wildman–Crippen LogP) is 1.82. The Bertz CT molecular complexity index is 1130. The normalized spacial score (nSPS) is 20.4. The van der Waals surface area contributed by atoms with Gasteiger partial charge in [0, 0.05) is 43.9 Å². The number of hydrogen-bond donors (Lipinski definition) is 2. The summed E-state index contributed by atoms with van der Waals surface area (Å²) in [6, 6.07) is 14.5. The van der Waals surface area contributed by atoms with E-state index in [1.54, 1.807) is 6.07 Å². The number of carbonyl (C=O) groups excluding carboxylic acids is 3. The van der Waals surface area contributed by atoms with E-state index in [1.807, 2.05) is 42.5 Å². The lowest BCUT2D eigenvalue weighted by Crippen LogP contribution is -2.60. The van der Waals surface area contributed by atoms with Gasteiger partial charge in [-0.05, 0) is 35.7 Å². The molecule has 1 unspecified atom stereocenters. The molecule has 33 heavy (non-hydrogen) atoms. The lowest BCUT2D eigenvalue weighted by molar-refractivity contribution is -0.136. The summed E-state index contributed by atoms with van der Waals surface area (Å²) >= 11 is 0. The molecule has 1 atom stereocenters. The molecule has 4 amide bonds. The van der Waals surface area contributed by atoms with Gasteiger partial charge in [-0.2, -0.15) is 0 Å². The van der Waals surface area contributed by atoms with Crippen LogP contribution < -0.4 is 10.2 Å². The number of piperidine rings is 1. The van der Waals surface area contributed by atoms with Crippen LogP contribution in [0.4, 0.5) is 10.5 Å². The number of para-hydroxylation sites is 1. The van der Waals surface area contributed by atoms with Crippen molar-refractivity contribution in [2.75, 3.05) is 18.0 Å². The summed E-state index contributed by atoms with van der Waals surface area (Å²) in [5.41, 5.74) is 3.08. The molecule has 2 fully saturated rings. The highest BCUT2D eigenvalue weighted by Crippen LogP contribution is 2.30. The smallest absolute Gasteiger partial charge is 0.407 e. The Balaban J connectivity index is 1.27. The fourth-order valence-corrected chi connectivity index (χ4v) is 4.75. The largest absolute Gasteiger partial charge is 0.465 e. The molecule has 3 heterocycles. The molecule has 0 aromatic heterocycles. The Morgan fingerprint density at radius 2 is 1.85 bits per heavy atom. The monoisotopic (exact) mass is 448 g/mol. The number of benzene rings is 2. The number of carboxylic acid groups (broad SMARTS) is 1. The van der Waals surface area contributed by atoms with Gasteiger partial charge in [-0.25, -0.2) is 4.79 Å². The Hall–Kier alpha value is -3.88. The van der Waals surface area contributed by atoms with Crippen LogP contribution in [0.3, 0.4) is 0 Å². The Labute approximate surface area is 190 Å². The Kier molecular flexibility index (Phi) is 5.24. The van der Waals surface area contributed by atoms with E-state index in [9.17, 15) is 24.3 Å². The van der Waals surface area contributed by atoms with Gasteiger partial charge in [0.1, 0.15) is 6.04 Å². The summed E-state index contributed by atoms with van der Waals surface area (Å²) in [5, 5.41) is 12.1. The average molecular weight is 448 g/mol. The van der Waals surface area contributed by atoms with Crippen molar-refractivity contribution in [3.05, 3.63) is 65.2 Å². The molecule has 2 saturated heterocycles. The van der Waals surface area contributed by atoms with Crippen LogP contribution >= 0.6 is 0 Å². The summed E-state index contributed by atoms with van der Waals surface area (Å²) in [6.07, 6.45) is -0.481. The van der Waals surface area contributed by atoms with E-state index in [0.29, 0.717) is 31.6 Å². The number of imide groups is 1. The minimum atomic E-state index is -0.996. The lowest BCUT2D eigenvalue weighted by atomic mass is 10.0. The summed E-state index contributed by atoms with van der Waals surface area (Å²) in [4.78, 5) is 53.7. The number of nitrogens with zero attached hydrogens (tertiary/aromatic N) is 3. The molecule has 0 spiro atoms. The molecule has 170 valence electrons. The summed E-state index contributed by atoms with van der Waals surface area (Å²) in [7, 11) is 0.